The number of alkyl halides is 3. The van der Waals surface area contributed by atoms with Gasteiger partial charge in [-0.2, -0.15) is 13.2 Å². The minimum absolute atomic E-state index is 0.239. The van der Waals surface area contributed by atoms with Crippen molar-refractivity contribution in [1.29, 1.82) is 0 Å². The Morgan fingerprint density at radius 2 is 1.76 bits per heavy atom. The summed E-state index contributed by atoms with van der Waals surface area (Å²) in [6, 6.07) is 7.40. The molecule has 0 N–H and O–H groups in total. The molecule has 25 heavy (non-hydrogen) atoms. The van der Waals surface area contributed by atoms with Gasteiger partial charge in [0, 0.05) is 32.4 Å². The van der Waals surface area contributed by atoms with Crippen molar-refractivity contribution in [2.24, 2.45) is 0 Å². The summed E-state index contributed by atoms with van der Waals surface area (Å²) in [6.07, 6.45) is -3.07. The van der Waals surface area contributed by atoms with Gasteiger partial charge in [-0.3, -0.25) is 4.79 Å². The molecule has 4 nitrogen and oxygen atoms in total. The van der Waals surface area contributed by atoms with Gasteiger partial charge in [-0.05, 0) is 30.3 Å². The van der Waals surface area contributed by atoms with Gasteiger partial charge in [-0.1, -0.05) is 6.07 Å². The molecule has 0 atom stereocenters. The summed E-state index contributed by atoms with van der Waals surface area (Å²) < 4.78 is 52.6. The number of rotatable bonds is 2. The van der Waals surface area contributed by atoms with E-state index in [1.807, 2.05) is 17.0 Å². The van der Waals surface area contributed by atoms with Crippen LogP contribution in [0.25, 0.3) is 0 Å². The maximum absolute atomic E-state index is 13.4. The maximum Gasteiger partial charge on any atom is 0.417 e. The number of hydrogen-bond donors (Lipinski definition) is 0. The van der Waals surface area contributed by atoms with E-state index in [0.29, 0.717) is 31.3 Å². The first-order valence-corrected chi connectivity index (χ1v) is 7.68. The van der Waals surface area contributed by atoms with Crippen molar-refractivity contribution in [2.45, 2.75) is 6.18 Å². The van der Waals surface area contributed by atoms with E-state index in [2.05, 4.69) is 4.98 Å². The standard InChI is InChI=1S/C17H15F4N3O/c18-12-4-5-14(17(19,20)21)13(11-12)16(25)24-9-7-23(8-10-24)15-3-1-2-6-22-15/h1-6,11H,7-10H2. The molecule has 0 saturated carbocycles. The van der Waals surface area contributed by atoms with Crippen LogP contribution in [0.3, 0.4) is 0 Å². The monoisotopic (exact) mass is 353 g/mol. The second kappa shape index (κ2) is 6.70. The highest BCUT2D eigenvalue weighted by atomic mass is 19.4. The van der Waals surface area contributed by atoms with E-state index < -0.39 is 29.0 Å². The van der Waals surface area contributed by atoms with Gasteiger partial charge in [-0.15, -0.1) is 0 Å². The van der Waals surface area contributed by atoms with E-state index >= 15 is 0 Å². The molecular formula is C17H15F4N3O. The lowest BCUT2D eigenvalue weighted by Gasteiger charge is -2.35. The van der Waals surface area contributed by atoms with Crippen LogP contribution in [0.15, 0.2) is 42.6 Å². The van der Waals surface area contributed by atoms with Gasteiger partial charge >= 0.3 is 6.18 Å². The summed E-state index contributed by atoms with van der Waals surface area (Å²) in [5, 5.41) is 0. The molecule has 2 heterocycles. The number of benzene rings is 1. The number of carbonyl (C=O) groups is 1. The van der Waals surface area contributed by atoms with Gasteiger partial charge in [0.2, 0.25) is 0 Å². The molecule has 8 heteroatoms. The predicted octanol–water partition coefficient (Wildman–Crippen LogP) is 3.20. The molecule has 3 rings (SSSR count). The zero-order valence-electron chi connectivity index (χ0n) is 13.1. The van der Waals surface area contributed by atoms with E-state index in [0.717, 1.165) is 5.82 Å². The summed E-state index contributed by atoms with van der Waals surface area (Å²) in [4.78, 5) is 20.0. The number of carbonyl (C=O) groups excluding carboxylic acids is 1. The van der Waals surface area contributed by atoms with Crippen LogP contribution < -0.4 is 4.90 Å². The molecule has 1 fully saturated rings. The van der Waals surface area contributed by atoms with Crippen LogP contribution in [0.2, 0.25) is 0 Å². The molecule has 0 radical (unpaired) electrons. The highest BCUT2D eigenvalue weighted by molar-refractivity contribution is 5.96. The second-order valence-electron chi connectivity index (χ2n) is 5.65. The Kier molecular flexibility index (Phi) is 4.61. The largest absolute Gasteiger partial charge is 0.417 e. The van der Waals surface area contributed by atoms with Crippen LogP contribution in [0, 0.1) is 5.82 Å². The number of anilines is 1. The summed E-state index contributed by atoms with van der Waals surface area (Å²) in [6.45, 7) is 1.37. The molecule has 1 aliphatic rings. The fourth-order valence-corrected chi connectivity index (χ4v) is 2.79. The topological polar surface area (TPSA) is 36.4 Å². The van der Waals surface area contributed by atoms with Crippen molar-refractivity contribution >= 4 is 11.7 Å². The number of pyridine rings is 1. The molecule has 0 aliphatic carbocycles. The highest BCUT2D eigenvalue weighted by Crippen LogP contribution is 2.33. The highest BCUT2D eigenvalue weighted by Gasteiger charge is 2.37. The number of halogens is 4. The third-order valence-corrected chi connectivity index (χ3v) is 4.06. The summed E-state index contributed by atoms with van der Waals surface area (Å²) in [5.41, 5.74) is -1.77. The number of amides is 1. The van der Waals surface area contributed by atoms with Crippen LogP contribution in [-0.2, 0) is 6.18 Å². The Morgan fingerprint density at radius 3 is 2.36 bits per heavy atom. The summed E-state index contributed by atoms with van der Waals surface area (Å²) in [7, 11) is 0. The number of aromatic nitrogens is 1. The minimum atomic E-state index is -4.71. The average molecular weight is 353 g/mol. The molecular weight excluding hydrogens is 338 g/mol. The third kappa shape index (κ3) is 3.72. The van der Waals surface area contributed by atoms with Gasteiger partial charge in [-0.25, -0.2) is 9.37 Å². The number of piperazine rings is 1. The first kappa shape index (κ1) is 17.2. The fraction of sp³-hybridized carbons (Fsp3) is 0.294. The maximum atomic E-state index is 13.4. The second-order valence-corrected chi connectivity index (χ2v) is 5.65. The molecule has 1 amide bonds. The van der Waals surface area contributed by atoms with Crippen LogP contribution >= 0.6 is 0 Å². The lowest BCUT2D eigenvalue weighted by Crippen LogP contribution is -2.49. The van der Waals surface area contributed by atoms with Gasteiger partial charge in [0.05, 0.1) is 11.1 Å². The normalized spacial score (nSPS) is 15.4. The Morgan fingerprint density at radius 1 is 1.04 bits per heavy atom. The predicted molar refractivity (Wildman–Crippen MR) is 83.8 cm³/mol. The third-order valence-electron chi connectivity index (χ3n) is 4.06. The first-order valence-electron chi connectivity index (χ1n) is 7.68. The van der Waals surface area contributed by atoms with Gasteiger partial charge in [0.25, 0.3) is 5.91 Å². The molecule has 1 aromatic carbocycles. The molecule has 1 aromatic heterocycles. The van der Waals surface area contributed by atoms with Gasteiger partial charge in [0.1, 0.15) is 11.6 Å². The van der Waals surface area contributed by atoms with E-state index in [1.165, 1.54) is 4.90 Å². The zero-order valence-corrected chi connectivity index (χ0v) is 13.1. The Hall–Kier alpha value is -2.64. The van der Waals surface area contributed by atoms with Crippen LogP contribution in [0.5, 0.6) is 0 Å². The molecule has 0 unspecified atom stereocenters. The zero-order chi connectivity index (χ0) is 18.0. The molecule has 0 bridgehead atoms. The lowest BCUT2D eigenvalue weighted by atomic mass is 10.0. The molecule has 0 spiro atoms. The van der Waals surface area contributed by atoms with Gasteiger partial charge in [0.15, 0.2) is 0 Å². The smallest absolute Gasteiger partial charge is 0.353 e. The van der Waals surface area contributed by atoms with Crippen molar-refractivity contribution in [2.75, 3.05) is 31.1 Å². The SMILES string of the molecule is O=C(c1cc(F)ccc1C(F)(F)F)N1CCN(c2ccccn2)CC1. The summed E-state index contributed by atoms with van der Waals surface area (Å²) in [5.74, 6) is -0.938. The lowest BCUT2D eigenvalue weighted by molar-refractivity contribution is -0.138. The van der Waals surface area contributed by atoms with Crippen molar-refractivity contribution in [3.05, 3.63) is 59.5 Å². The number of nitrogens with zero attached hydrogens (tertiary/aromatic N) is 3. The Labute approximate surface area is 141 Å². The fourth-order valence-electron chi connectivity index (χ4n) is 2.79. The van der Waals surface area contributed by atoms with Crippen LogP contribution in [0.4, 0.5) is 23.4 Å². The first-order chi connectivity index (χ1) is 11.9. The molecule has 1 aliphatic heterocycles. The average Bonchev–Trinajstić information content (AvgIpc) is 2.61. The van der Waals surface area contributed by atoms with Crippen molar-refractivity contribution in [3.8, 4) is 0 Å². The molecule has 2 aromatic rings. The van der Waals surface area contributed by atoms with E-state index in [9.17, 15) is 22.4 Å². The summed E-state index contributed by atoms with van der Waals surface area (Å²) >= 11 is 0. The van der Waals surface area contributed by atoms with E-state index in [4.69, 9.17) is 0 Å². The van der Waals surface area contributed by atoms with E-state index in [1.54, 1.807) is 12.3 Å². The quantitative estimate of drug-likeness (QED) is 0.778. The van der Waals surface area contributed by atoms with Crippen molar-refractivity contribution in [1.82, 2.24) is 9.88 Å². The molecule has 132 valence electrons. The number of hydrogen-bond acceptors (Lipinski definition) is 3. The van der Waals surface area contributed by atoms with Crippen LogP contribution in [-0.4, -0.2) is 42.0 Å². The molecule has 1 saturated heterocycles. The van der Waals surface area contributed by atoms with Crippen LogP contribution in [0.1, 0.15) is 15.9 Å². The van der Waals surface area contributed by atoms with Gasteiger partial charge < -0.3 is 9.80 Å². The van der Waals surface area contributed by atoms with E-state index in [-0.39, 0.29) is 13.1 Å². The van der Waals surface area contributed by atoms with Crippen molar-refractivity contribution < 1.29 is 22.4 Å². The Bertz CT molecular complexity index is 756. The van der Waals surface area contributed by atoms with Crippen molar-refractivity contribution in [3.63, 3.8) is 0 Å². The minimum Gasteiger partial charge on any atom is -0.353 e. The Balaban J connectivity index is 1.76.